The van der Waals surface area contributed by atoms with E-state index in [4.69, 9.17) is 23.2 Å². The molecule has 0 saturated heterocycles. The zero-order chi connectivity index (χ0) is 14.1. The van der Waals surface area contributed by atoms with Gasteiger partial charge in [-0.1, -0.05) is 23.2 Å². The van der Waals surface area contributed by atoms with Crippen molar-refractivity contribution in [3.63, 3.8) is 0 Å². The van der Waals surface area contributed by atoms with Gasteiger partial charge in [0.1, 0.15) is 22.8 Å². The van der Waals surface area contributed by atoms with Crippen molar-refractivity contribution in [2.24, 2.45) is 0 Å². The molecule has 0 radical (unpaired) electrons. The molecular formula is C13H7Cl2FN4. The first-order valence-electron chi connectivity index (χ1n) is 5.63. The topological polar surface area (TPSA) is 50.7 Å². The van der Waals surface area contributed by atoms with Crippen LogP contribution in [0.5, 0.6) is 0 Å². The van der Waals surface area contributed by atoms with E-state index in [0.717, 1.165) is 0 Å². The second kappa shape index (κ2) is 5.19. The highest BCUT2D eigenvalue weighted by molar-refractivity contribution is 6.31. The second-order valence-corrected chi connectivity index (χ2v) is 4.80. The third-order valence-corrected chi connectivity index (χ3v) is 3.07. The Labute approximate surface area is 123 Å². The third-order valence-electron chi connectivity index (χ3n) is 2.63. The SMILES string of the molecule is Fc1ccc(Cl)cc1Nc1ncnc2ccc(Cl)nc12. The lowest BCUT2D eigenvalue weighted by molar-refractivity contribution is 0.632. The fraction of sp³-hybridized carbons (Fsp3) is 0. The van der Waals surface area contributed by atoms with Crippen LogP contribution in [0.1, 0.15) is 0 Å². The maximum atomic E-state index is 13.7. The van der Waals surface area contributed by atoms with E-state index >= 15 is 0 Å². The van der Waals surface area contributed by atoms with Crippen molar-refractivity contribution in [3.8, 4) is 0 Å². The van der Waals surface area contributed by atoms with Gasteiger partial charge in [0, 0.05) is 5.02 Å². The molecule has 2 aromatic heterocycles. The number of benzene rings is 1. The minimum absolute atomic E-state index is 0.208. The van der Waals surface area contributed by atoms with Crippen molar-refractivity contribution in [2.75, 3.05) is 5.32 Å². The van der Waals surface area contributed by atoms with E-state index in [9.17, 15) is 4.39 Å². The van der Waals surface area contributed by atoms with Gasteiger partial charge in [-0.05, 0) is 30.3 Å². The predicted octanol–water partition coefficient (Wildman–Crippen LogP) is 4.21. The van der Waals surface area contributed by atoms with E-state index in [2.05, 4.69) is 20.3 Å². The first kappa shape index (κ1) is 13.0. The highest BCUT2D eigenvalue weighted by atomic mass is 35.5. The number of anilines is 2. The number of halogens is 3. The first-order chi connectivity index (χ1) is 9.63. The van der Waals surface area contributed by atoms with Crippen molar-refractivity contribution in [1.82, 2.24) is 15.0 Å². The minimum atomic E-state index is -0.441. The summed E-state index contributed by atoms with van der Waals surface area (Å²) in [6.45, 7) is 0. The Morgan fingerprint density at radius 2 is 1.90 bits per heavy atom. The molecule has 1 aromatic carbocycles. The molecule has 3 rings (SSSR count). The predicted molar refractivity (Wildman–Crippen MR) is 77.0 cm³/mol. The number of aromatic nitrogens is 3. The summed E-state index contributed by atoms with van der Waals surface area (Å²) in [4.78, 5) is 12.3. The van der Waals surface area contributed by atoms with Crippen LogP contribution in [0.2, 0.25) is 10.2 Å². The van der Waals surface area contributed by atoms with Gasteiger partial charge >= 0.3 is 0 Å². The number of hydrogen-bond donors (Lipinski definition) is 1. The van der Waals surface area contributed by atoms with E-state index in [1.54, 1.807) is 12.1 Å². The highest BCUT2D eigenvalue weighted by Crippen LogP contribution is 2.26. The van der Waals surface area contributed by atoms with Gasteiger partial charge in [0.25, 0.3) is 0 Å². The fourth-order valence-corrected chi connectivity index (χ4v) is 2.05. The molecule has 7 heteroatoms. The van der Waals surface area contributed by atoms with E-state index in [-0.39, 0.29) is 5.69 Å². The Bertz CT molecular complexity index is 794. The molecule has 1 N–H and O–H groups in total. The zero-order valence-electron chi connectivity index (χ0n) is 9.94. The molecule has 20 heavy (non-hydrogen) atoms. The molecule has 4 nitrogen and oxygen atoms in total. The smallest absolute Gasteiger partial charge is 0.160 e. The van der Waals surface area contributed by atoms with Gasteiger partial charge in [-0.3, -0.25) is 0 Å². The van der Waals surface area contributed by atoms with Gasteiger partial charge in [0.2, 0.25) is 0 Å². The zero-order valence-corrected chi connectivity index (χ0v) is 11.5. The highest BCUT2D eigenvalue weighted by Gasteiger charge is 2.09. The number of fused-ring (bicyclic) bond motifs is 1. The number of nitrogens with zero attached hydrogens (tertiary/aromatic N) is 3. The van der Waals surface area contributed by atoms with Gasteiger partial charge in [-0.2, -0.15) is 0 Å². The molecule has 0 unspecified atom stereocenters. The summed E-state index contributed by atoms with van der Waals surface area (Å²) in [6.07, 6.45) is 1.36. The Balaban J connectivity index is 2.10. The van der Waals surface area contributed by atoms with Gasteiger partial charge in [0.15, 0.2) is 5.82 Å². The minimum Gasteiger partial charge on any atom is -0.336 e. The Hall–Kier alpha value is -1.98. The maximum Gasteiger partial charge on any atom is 0.160 e. The van der Waals surface area contributed by atoms with Crippen LogP contribution in [-0.4, -0.2) is 15.0 Å². The lowest BCUT2D eigenvalue weighted by atomic mass is 10.3. The van der Waals surface area contributed by atoms with Crippen LogP contribution in [-0.2, 0) is 0 Å². The molecule has 0 spiro atoms. The van der Waals surface area contributed by atoms with Gasteiger partial charge < -0.3 is 5.32 Å². The fourth-order valence-electron chi connectivity index (χ4n) is 1.73. The number of nitrogens with one attached hydrogen (secondary N) is 1. The summed E-state index contributed by atoms with van der Waals surface area (Å²) >= 11 is 11.7. The van der Waals surface area contributed by atoms with Crippen molar-refractivity contribution in [3.05, 3.63) is 52.7 Å². The molecule has 0 atom stereocenters. The molecule has 0 saturated carbocycles. The average Bonchev–Trinajstić information content (AvgIpc) is 2.43. The largest absolute Gasteiger partial charge is 0.336 e. The average molecular weight is 309 g/mol. The molecule has 100 valence electrons. The van der Waals surface area contributed by atoms with Crippen LogP contribution < -0.4 is 5.32 Å². The van der Waals surface area contributed by atoms with Crippen LogP contribution in [0.25, 0.3) is 11.0 Å². The van der Waals surface area contributed by atoms with E-state index < -0.39 is 5.82 Å². The number of rotatable bonds is 2. The van der Waals surface area contributed by atoms with Crippen molar-refractivity contribution >= 4 is 45.7 Å². The van der Waals surface area contributed by atoms with Gasteiger partial charge in [-0.15, -0.1) is 0 Å². The molecule has 0 aliphatic rings. The van der Waals surface area contributed by atoms with Crippen LogP contribution in [0.15, 0.2) is 36.7 Å². The molecule has 0 fully saturated rings. The molecule has 0 aliphatic heterocycles. The van der Waals surface area contributed by atoms with E-state index in [1.165, 1.54) is 24.5 Å². The van der Waals surface area contributed by atoms with Gasteiger partial charge in [0.05, 0.1) is 11.2 Å². The third kappa shape index (κ3) is 2.50. The molecule has 2 heterocycles. The summed E-state index contributed by atoms with van der Waals surface area (Å²) in [5, 5.41) is 3.57. The normalized spacial score (nSPS) is 10.8. The number of pyridine rings is 1. The second-order valence-electron chi connectivity index (χ2n) is 3.97. The summed E-state index contributed by atoms with van der Waals surface area (Å²) in [5.41, 5.74) is 1.27. The van der Waals surface area contributed by atoms with Crippen molar-refractivity contribution < 1.29 is 4.39 Å². The maximum absolute atomic E-state index is 13.7. The molecule has 0 amide bonds. The van der Waals surface area contributed by atoms with Crippen LogP contribution in [0, 0.1) is 5.82 Å². The summed E-state index contributed by atoms with van der Waals surface area (Å²) < 4.78 is 13.7. The van der Waals surface area contributed by atoms with Gasteiger partial charge in [-0.25, -0.2) is 19.3 Å². The first-order valence-corrected chi connectivity index (χ1v) is 6.38. The molecule has 0 aliphatic carbocycles. The summed E-state index contributed by atoms with van der Waals surface area (Å²) in [6, 6.07) is 7.55. The molecular weight excluding hydrogens is 302 g/mol. The summed E-state index contributed by atoms with van der Waals surface area (Å²) in [5.74, 6) is -0.0816. The van der Waals surface area contributed by atoms with E-state index in [0.29, 0.717) is 27.0 Å². The van der Waals surface area contributed by atoms with Crippen LogP contribution in [0.3, 0.4) is 0 Å². The lowest BCUT2D eigenvalue weighted by Crippen LogP contribution is -1.99. The van der Waals surface area contributed by atoms with Crippen molar-refractivity contribution in [1.29, 1.82) is 0 Å². The van der Waals surface area contributed by atoms with Crippen LogP contribution in [0.4, 0.5) is 15.9 Å². The molecule has 3 aromatic rings. The van der Waals surface area contributed by atoms with Crippen molar-refractivity contribution in [2.45, 2.75) is 0 Å². The Morgan fingerprint density at radius 3 is 2.75 bits per heavy atom. The Kier molecular flexibility index (Phi) is 3.38. The standard InChI is InChI=1S/C13H7Cl2FN4/c14-7-1-2-8(16)10(5-7)19-13-12-9(17-6-18-13)3-4-11(15)20-12/h1-6H,(H,17,18,19). The molecule has 0 bridgehead atoms. The van der Waals surface area contributed by atoms with E-state index in [1.807, 2.05) is 0 Å². The number of hydrogen-bond acceptors (Lipinski definition) is 4. The lowest BCUT2D eigenvalue weighted by Gasteiger charge is -2.09. The summed E-state index contributed by atoms with van der Waals surface area (Å²) in [7, 11) is 0. The Morgan fingerprint density at radius 1 is 1.05 bits per heavy atom. The van der Waals surface area contributed by atoms with Crippen LogP contribution >= 0.6 is 23.2 Å². The monoisotopic (exact) mass is 308 g/mol. The quantitative estimate of drug-likeness (QED) is 0.720.